The molecule has 4 rings (SSSR count). The van der Waals surface area contributed by atoms with Crippen molar-refractivity contribution >= 4 is 11.6 Å². The number of anilines is 1. The molecule has 3 aromatic rings. The van der Waals surface area contributed by atoms with E-state index in [4.69, 9.17) is 0 Å². The molecule has 1 fully saturated rings. The summed E-state index contributed by atoms with van der Waals surface area (Å²) in [5.74, 6) is -0.513. The Hall–Kier alpha value is -3.22. The van der Waals surface area contributed by atoms with Gasteiger partial charge in [-0.3, -0.25) is 4.79 Å². The number of rotatable bonds is 7. The van der Waals surface area contributed by atoms with E-state index >= 15 is 0 Å². The number of amides is 1. The van der Waals surface area contributed by atoms with Crippen molar-refractivity contribution in [2.45, 2.75) is 38.0 Å². The summed E-state index contributed by atoms with van der Waals surface area (Å²) in [5.41, 5.74) is 2.57. The van der Waals surface area contributed by atoms with Gasteiger partial charge in [0.25, 0.3) is 0 Å². The van der Waals surface area contributed by atoms with E-state index in [0.717, 1.165) is 5.69 Å². The highest BCUT2D eigenvalue weighted by Crippen LogP contribution is 2.46. The molecule has 0 unspecified atom stereocenters. The van der Waals surface area contributed by atoms with Crippen LogP contribution in [0, 0.1) is 11.7 Å². The van der Waals surface area contributed by atoms with Crippen LogP contribution in [-0.4, -0.2) is 21.2 Å². The Morgan fingerprint density at radius 2 is 1.75 bits per heavy atom. The van der Waals surface area contributed by atoms with E-state index in [2.05, 4.69) is 0 Å². The van der Waals surface area contributed by atoms with Gasteiger partial charge in [0.2, 0.25) is 5.91 Å². The second kappa shape index (κ2) is 9.51. The number of aliphatic hydroxyl groups is 2. The summed E-state index contributed by atoms with van der Waals surface area (Å²) in [7, 11) is 0. The summed E-state index contributed by atoms with van der Waals surface area (Å²) >= 11 is 0. The molecular weight excluding hydrogens is 409 g/mol. The highest BCUT2D eigenvalue weighted by molar-refractivity contribution is 5.97. The molecule has 6 heteroatoms. The van der Waals surface area contributed by atoms with E-state index < -0.39 is 12.1 Å². The number of benzene rings is 3. The third-order valence-electron chi connectivity index (χ3n) is 6.13. The normalized spacial score (nSPS) is 19.3. The number of halogens is 1. The number of aromatic hydroxyl groups is 1. The van der Waals surface area contributed by atoms with Gasteiger partial charge in [0.15, 0.2) is 0 Å². The molecule has 1 amide bonds. The summed E-state index contributed by atoms with van der Waals surface area (Å²) < 4.78 is 13.2. The second-order valence-corrected chi connectivity index (χ2v) is 8.20. The van der Waals surface area contributed by atoms with Crippen LogP contribution in [0.5, 0.6) is 5.75 Å². The first kappa shape index (κ1) is 22.0. The maximum atomic E-state index is 13.2. The molecule has 3 N–H and O–H groups in total. The minimum atomic E-state index is -0.775. The molecule has 0 spiro atoms. The Kier molecular flexibility index (Phi) is 6.53. The summed E-state index contributed by atoms with van der Waals surface area (Å²) in [6.45, 7) is -0.187. The lowest BCUT2D eigenvalue weighted by Gasteiger charge is -2.30. The van der Waals surface area contributed by atoms with E-state index in [9.17, 15) is 24.5 Å². The summed E-state index contributed by atoms with van der Waals surface area (Å²) in [6, 6.07) is 19.7. The Labute approximate surface area is 186 Å². The van der Waals surface area contributed by atoms with Gasteiger partial charge in [-0.15, -0.1) is 0 Å². The quantitative estimate of drug-likeness (QED) is 0.505. The topological polar surface area (TPSA) is 81.0 Å². The monoisotopic (exact) mass is 435 g/mol. The molecular formula is C26H26FNO4. The lowest BCUT2D eigenvalue weighted by Crippen LogP contribution is -2.29. The Morgan fingerprint density at radius 3 is 2.41 bits per heavy atom. The highest BCUT2D eigenvalue weighted by atomic mass is 19.1. The average Bonchev–Trinajstić information content (AvgIpc) is 3.14. The zero-order valence-corrected chi connectivity index (χ0v) is 17.6. The van der Waals surface area contributed by atoms with Crippen molar-refractivity contribution in [1.29, 1.82) is 0 Å². The summed E-state index contributed by atoms with van der Waals surface area (Å²) in [4.78, 5) is 14.8. The molecule has 3 aromatic carbocycles. The number of aliphatic hydroxyl groups excluding tert-OH is 2. The summed E-state index contributed by atoms with van der Waals surface area (Å²) in [5, 5.41) is 30.7. The fourth-order valence-corrected chi connectivity index (χ4v) is 4.51. The zero-order chi connectivity index (χ0) is 22.7. The van der Waals surface area contributed by atoms with Crippen LogP contribution in [0.4, 0.5) is 10.1 Å². The van der Waals surface area contributed by atoms with Crippen molar-refractivity contribution < 1.29 is 24.5 Å². The SMILES string of the molecule is O=C1C[C@@H](CC[C@H](O)c2ccc(F)cc2)[C@@H](c2ccc(CO)cc2O)N1c1ccccc1. The van der Waals surface area contributed by atoms with Crippen molar-refractivity contribution in [2.24, 2.45) is 5.92 Å². The lowest BCUT2D eigenvalue weighted by molar-refractivity contribution is -0.117. The first-order chi connectivity index (χ1) is 15.5. The molecule has 5 nitrogen and oxygen atoms in total. The summed E-state index contributed by atoms with van der Waals surface area (Å²) in [6.07, 6.45) is 0.455. The number of phenols is 1. The zero-order valence-electron chi connectivity index (χ0n) is 17.6. The van der Waals surface area contributed by atoms with E-state index in [1.54, 1.807) is 29.2 Å². The number of carbonyl (C=O) groups is 1. The van der Waals surface area contributed by atoms with E-state index in [-0.39, 0.29) is 36.4 Å². The second-order valence-electron chi connectivity index (χ2n) is 8.20. The molecule has 0 aliphatic carbocycles. The van der Waals surface area contributed by atoms with Crippen molar-refractivity contribution in [3.63, 3.8) is 0 Å². The van der Waals surface area contributed by atoms with Gasteiger partial charge in [-0.25, -0.2) is 4.39 Å². The van der Waals surface area contributed by atoms with Crippen molar-refractivity contribution in [3.05, 3.63) is 95.3 Å². The van der Waals surface area contributed by atoms with E-state index in [0.29, 0.717) is 29.5 Å². The standard InChI is InChI=1S/C26H26FNO4/c27-20-10-7-18(8-11-20)23(30)13-9-19-15-25(32)28(21-4-2-1-3-5-21)26(19)22-12-6-17(16-29)14-24(22)31/h1-8,10-12,14,19,23,26,29-31H,9,13,15-16H2/t19-,23+,26+/m1/s1. The van der Waals surface area contributed by atoms with E-state index in [1.165, 1.54) is 18.2 Å². The smallest absolute Gasteiger partial charge is 0.227 e. The van der Waals surface area contributed by atoms with Gasteiger partial charge >= 0.3 is 0 Å². The maximum Gasteiger partial charge on any atom is 0.227 e. The van der Waals surface area contributed by atoms with Crippen LogP contribution >= 0.6 is 0 Å². The van der Waals surface area contributed by atoms with Crippen LogP contribution in [0.1, 0.15) is 48.1 Å². The van der Waals surface area contributed by atoms with Crippen LogP contribution in [-0.2, 0) is 11.4 Å². The molecule has 3 atom stereocenters. The molecule has 1 aliphatic rings. The van der Waals surface area contributed by atoms with Crippen LogP contribution in [0.3, 0.4) is 0 Å². The third kappa shape index (κ3) is 4.52. The molecule has 166 valence electrons. The third-order valence-corrected chi connectivity index (χ3v) is 6.13. The predicted molar refractivity (Wildman–Crippen MR) is 119 cm³/mol. The highest BCUT2D eigenvalue weighted by Gasteiger charge is 2.42. The number of hydrogen-bond donors (Lipinski definition) is 3. The maximum absolute atomic E-state index is 13.2. The number of hydrogen-bond acceptors (Lipinski definition) is 4. The largest absolute Gasteiger partial charge is 0.508 e. The molecule has 0 saturated carbocycles. The molecule has 0 bridgehead atoms. The first-order valence-electron chi connectivity index (χ1n) is 10.7. The van der Waals surface area contributed by atoms with Crippen molar-refractivity contribution in [1.82, 2.24) is 0 Å². The molecule has 1 aliphatic heterocycles. The Bertz CT molecular complexity index is 1070. The fraction of sp³-hybridized carbons (Fsp3) is 0.269. The number of phenolic OH excluding ortho intramolecular Hbond substituents is 1. The minimum Gasteiger partial charge on any atom is -0.508 e. The molecule has 0 radical (unpaired) electrons. The van der Waals surface area contributed by atoms with Gasteiger partial charge < -0.3 is 20.2 Å². The van der Waals surface area contributed by atoms with Gasteiger partial charge in [0, 0.05) is 17.7 Å². The van der Waals surface area contributed by atoms with Gasteiger partial charge in [0.1, 0.15) is 11.6 Å². The number of para-hydroxylation sites is 1. The Balaban J connectivity index is 1.63. The predicted octanol–water partition coefficient (Wildman–Crippen LogP) is 4.63. The molecule has 1 saturated heterocycles. The van der Waals surface area contributed by atoms with E-state index in [1.807, 2.05) is 30.3 Å². The molecule has 0 aromatic heterocycles. The molecule has 1 heterocycles. The first-order valence-corrected chi connectivity index (χ1v) is 10.7. The van der Waals surface area contributed by atoms with Gasteiger partial charge in [-0.2, -0.15) is 0 Å². The van der Waals surface area contributed by atoms with Crippen LogP contribution in [0.15, 0.2) is 72.8 Å². The van der Waals surface area contributed by atoms with Gasteiger partial charge in [-0.05, 0) is 60.2 Å². The van der Waals surface area contributed by atoms with Crippen molar-refractivity contribution in [3.8, 4) is 5.75 Å². The Morgan fingerprint density at radius 1 is 1.03 bits per heavy atom. The number of nitrogens with zero attached hydrogens (tertiary/aromatic N) is 1. The fourth-order valence-electron chi connectivity index (χ4n) is 4.51. The van der Waals surface area contributed by atoms with Gasteiger partial charge in [0.05, 0.1) is 18.8 Å². The van der Waals surface area contributed by atoms with Crippen LogP contribution in [0.25, 0.3) is 0 Å². The van der Waals surface area contributed by atoms with Gasteiger partial charge in [-0.1, -0.05) is 42.5 Å². The van der Waals surface area contributed by atoms with Crippen LogP contribution < -0.4 is 4.90 Å². The van der Waals surface area contributed by atoms with Crippen molar-refractivity contribution in [2.75, 3.05) is 4.90 Å². The molecule has 32 heavy (non-hydrogen) atoms. The average molecular weight is 435 g/mol. The van der Waals surface area contributed by atoms with Crippen LogP contribution in [0.2, 0.25) is 0 Å². The minimum absolute atomic E-state index is 0.0289. The number of carbonyl (C=O) groups excluding carboxylic acids is 1. The lowest BCUT2D eigenvalue weighted by atomic mass is 9.87.